The van der Waals surface area contributed by atoms with Crippen LogP contribution in [0.3, 0.4) is 0 Å². The minimum atomic E-state index is -0.765. The van der Waals surface area contributed by atoms with Crippen LogP contribution in [0.25, 0.3) is 21.5 Å². The fourth-order valence-corrected chi connectivity index (χ4v) is 4.12. The molecule has 0 spiro atoms. The zero-order chi connectivity index (χ0) is 20.8. The van der Waals surface area contributed by atoms with E-state index in [2.05, 4.69) is 13.8 Å². The molecule has 0 heterocycles. The number of hydrogen-bond donors (Lipinski definition) is 0. The van der Waals surface area contributed by atoms with Crippen molar-refractivity contribution in [3.63, 3.8) is 0 Å². The Morgan fingerprint density at radius 2 is 1.00 bits per heavy atom. The summed E-state index contributed by atoms with van der Waals surface area (Å²) in [6.07, 6.45) is 9.43. The molecule has 0 aliphatic rings. The summed E-state index contributed by atoms with van der Waals surface area (Å²) >= 11 is 0. The molecule has 0 N–H and O–H groups in total. The Labute approximate surface area is 172 Å². The summed E-state index contributed by atoms with van der Waals surface area (Å²) in [4.78, 5) is 0. The Bertz CT molecular complexity index is 899. The molecule has 0 nitrogen and oxygen atoms in total. The number of unbranched alkanes of at least 4 members (excludes halogenated alkanes) is 6. The van der Waals surface area contributed by atoms with Crippen LogP contribution in [-0.2, 0) is 12.8 Å². The lowest BCUT2D eigenvalue weighted by atomic mass is 9.95. The molecule has 3 rings (SSSR count). The van der Waals surface area contributed by atoms with Crippen LogP contribution in [0.2, 0.25) is 0 Å². The second-order valence-electron chi connectivity index (χ2n) is 8.09. The first-order valence-corrected chi connectivity index (χ1v) is 11.1. The van der Waals surface area contributed by atoms with Crippen LogP contribution in [0.5, 0.6) is 0 Å². The Morgan fingerprint density at radius 1 is 0.552 bits per heavy atom. The van der Waals surface area contributed by atoms with Crippen molar-refractivity contribution in [1.29, 1.82) is 0 Å². The van der Waals surface area contributed by atoms with E-state index in [0.717, 1.165) is 51.4 Å². The van der Waals surface area contributed by atoms with Crippen LogP contribution in [0.4, 0.5) is 13.2 Å². The van der Waals surface area contributed by atoms with Gasteiger partial charge >= 0.3 is 0 Å². The van der Waals surface area contributed by atoms with Gasteiger partial charge in [-0.1, -0.05) is 76.6 Å². The molecule has 156 valence electrons. The van der Waals surface area contributed by atoms with Crippen LogP contribution in [0, 0.1) is 17.5 Å². The molecule has 3 heteroatoms. The van der Waals surface area contributed by atoms with Crippen molar-refractivity contribution < 1.29 is 13.2 Å². The average molecular weight is 401 g/mol. The minimum Gasteiger partial charge on any atom is -0.206 e. The van der Waals surface area contributed by atoms with Gasteiger partial charge in [0.1, 0.15) is 17.5 Å². The van der Waals surface area contributed by atoms with Gasteiger partial charge < -0.3 is 0 Å². The molecule has 3 aromatic rings. The summed E-state index contributed by atoms with van der Waals surface area (Å²) in [6.45, 7) is 4.26. The van der Waals surface area contributed by atoms with E-state index in [1.807, 2.05) is 0 Å². The predicted molar refractivity (Wildman–Crippen MR) is 117 cm³/mol. The number of halogens is 3. The normalized spacial score (nSPS) is 11.6. The Kier molecular flexibility index (Phi) is 7.57. The van der Waals surface area contributed by atoms with Gasteiger partial charge in [-0.05, 0) is 53.6 Å². The first-order chi connectivity index (χ1) is 14.1. The molecule has 0 radical (unpaired) electrons. The highest BCUT2D eigenvalue weighted by Gasteiger charge is 2.18. The van der Waals surface area contributed by atoms with E-state index < -0.39 is 17.5 Å². The summed E-state index contributed by atoms with van der Waals surface area (Å²) in [5.74, 6) is -1.84. The maximum atomic E-state index is 15.4. The van der Waals surface area contributed by atoms with E-state index in [-0.39, 0.29) is 10.8 Å². The van der Waals surface area contributed by atoms with Gasteiger partial charge in [-0.25, -0.2) is 13.2 Å². The summed E-state index contributed by atoms with van der Waals surface area (Å²) in [7, 11) is 0. The highest BCUT2D eigenvalue weighted by atomic mass is 19.1. The van der Waals surface area contributed by atoms with Crippen molar-refractivity contribution in [3.05, 3.63) is 58.9 Å². The van der Waals surface area contributed by atoms with E-state index in [1.54, 1.807) is 30.3 Å². The zero-order valence-electron chi connectivity index (χ0n) is 17.6. The van der Waals surface area contributed by atoms with Gasteiger partial charge in [-0.15, -0.1) is 0 Å². The summed E-state index contributed by atoms with van der Waals surface area (Å²) in [5, 5.41) is 0.819. The lowest BCUT2D eigenvalue weighted by molar-refractivity contribution is 0.580. The van der Waals surface area contributed by atoms with E-state index in [9.17, 15) is 0 Å². The number of benzene rings is 3. The maximum absolute atomic E-state index is 15.4. The van der Waals surface area contributed by atoms with Crippen LogP contribution < -0.4 is 0 Å². The van der Waals surface area contributed by atoms with Crippen molar-refractivity contribution in [3.8, 4) is 0 Å². The third-order valence-corrected chi connectivity index (χ3v) is 5.86. The van der Waals surface area contributed by atoms with Crippen molar-refractivity contribution in [1.82, 2.24) is 0 Å². The maximum Gasteiger partial charge on any atom is 0.144 e. The molecule has 0 aromatic heterocycles. The van der Waals surface area contributed by atoms with Crippen LogP contribution in [0.15, 0.2) is 30.3 Å². The van der Waals surface area contributed by atoms with Gasteiger partial charge in [-0.2, -0.15) is 0 Å². The average Bonchev–Trinajstić information content (AvgIpc) is 2.71. The van der Waals surface area contributed by atoms with Crippen molar-refractivity contribution in [2.45, 2.75) is 78.1 Å². The molecule has 0 saturated carbocycles. The molecule has 0 fully saturated rings. The molecule has 3 aromatic carbocycles. The topological polar surface area (TPSA) is 0 Å². The first-order valence-electron chi connectivity index (χ1n) is 11.1. The SMILES string of the molecule is CCCCCCc1ccc2cc3ccc(CCCCCC)c(F)c3c(F)c2c1F. The van der Waals surface area contributed by atoms with Crippen molar-refractivity contribution in [2.24, 2.45) is 0 Å². The van der Waals surface area contributed by atoms with E-state index in [1.165, 1.54) is 0 Å². The van der Waals surface area contributed by atoms with Gasteiger partial charge in [0, 0.05) is 0 Å². The molecular weight excluding hydrogens is 369 g/mol. The number of fused-ring (bicyclic) bond motifs is 2. The van der Waals surface area contributed by atoms with Crippen molar-refractivity contribution >= 4 is 21.5 Å². The Balaban J connectivity index is 1.99. The van der Waals surface area contributed by atoms with Gasteiger partial charge in [0.05, 0.1) is 10.8 Å². The third-order valence-electron chi connectivity index (χ3n) is 5.86. The lowest BCUT2D eigenvalue weighted by Crippen LogP contribution is -1.99. The monoisotopic (exact) mass is 400 g/mol. The second kappa shape index (κ2) is 10.1. The van der Waals surface area contributed by atoms with Crippen LogP contribution >= 0.6 is 0 Å². The van der Waals surface area contributed by atoms with Crippen LogP contribution in [-0.4, -0.2) is 0 Å². The highest BCUT2D eigenvalue weighted by molar-refractivity contribution is 6.00. The smallest absolute Gasteiger partial charge is 0.144 e. The van der Waals surface area contributed by atoms with E-state index in [0.29, 0.717) is 34.7 Å². The summed E-state index contributed by atoms with van der Waals surface area (Å²) in [5.41, 5.74) is 1.03. The van der Waals surface area contributed by atoms with E-state index >= 15 is 13.2 Å². The lowest BCUT2D eigenvalue weighted by Gasteiger charge is -2.12. The highest BCUT2D eigenvalue weighted by Crippen LogP contribution is 2.33. The number of hydrogen-bond acceptors (Lipinski definition) is 0. The second-order valence-corrected chi connectivity index (χ2v) is 8.09. The Morgan fingerprint density at radius 3 is 1.41 bits per heavy atom. The molecule has 0 bridgehead atoms. The standard InChI is InChI=1S/C26H31F3/c1-3-5-7-9-11-18-13-15-20-17-21-16-14-19(12-10-8-6-4-2)25(28)23(21)26(29)22(20)24(18)27/h13-17H,3-12H2,1-2H3. The first kappa shape index (κ1) is 21.7. The van der Waals surface area contributed by atoms with Gasteiger partial charge in [0.2, 0.25) is 0 Å². The molecule has 0 aliphatic carbocycles. The fraction of sp³-hybridized carbons (Fsp3) is 0.462. The molecule has 0 aliphatic heterocycles. The number of rotatable bonds is 10. The molecule has 0 atom stereocenters. The predicted octanol–water partition coefficient (Wildman–Crippen LogP) is 8.66. The van der Waals surface area contributed by atoms with Gasteiger partial charge in [0.15, 0.2) is 0 Å². The molecule has 0 saturated heterocycles. The molecule has 0 amide bonds. The number of aryl methyl sites for hydroxylation is 2. The Hall–Kier alpha value is -2.03. The van der Waals surface area contributed by atoms with Gasteiger partial charge in [-0.3, -0.25) is 0 Å². The summed E-state index contributed by atoms with van der Waals surface area (Å²) < 4.78 is 45.6. The van der Waals surface area contributed by atoms with Crippen molar-refractivity contribution in [2.75, 3.05) is 0 Å². The zero-order valence-corrected chi connectivity index (χ0v) is 17.6. The third kappa shape index (κ3) is 4.76. The summed E-state index contributed by atoms with van der Waals surface area (Å²) in [6, 6.07) is 8.70. The van der Waals surface area contributed by atoms with Crippen LogP contribution in [0.1, 0.15) is 76.3 Å². The molecule has 29 heavy (non-hydrogen) atoms. The quantitative estimate of drug-likeness (QED) is 0.236. The van der Waals surface area contributed by atoms with E-state index in [4.69, 9.17) is 0 Å². The largest absolute Gasteiger partial charge is 0.206 e. The molecule has 0 unspecified atom stereocenters. The molecular formula is C26H31F3. The fourth-order valence-electron chi connectivity index (χ4n) is 4.12. The van der Waals surface area contributed by atoms with Gasteiger partial charge in [0.25, 0.3) is 0 Å². The minimum absolute atomic E-state index is 0.0764.